The molecule has 0 radical (unpaired) electrons. The van der Waals surface area contributed by atoms with Crippen molar-refractivity contribution in [2.45, 2.75) is 37.6 Å². The van der Waals surface area contributed by atoms with Gasteiger partial charge in [-0.15, -0.1) is 0 Å². The van der Waals surface area contributed by atoms with Crippen LogP contribution in [0.15, 0.2) is 29.2 Å². The van der Waals surface area contributed by atoms with Crippen LogP contribution in [0.3, 0.4) is 0 Å². The summed E-state index contributed by atoms with van der Waals surface area (Å²) in [5, 5.41) is 3.05. The highest BCUT2D eigenvalue weighted by molar-refractivity contribution is 7.89. The summed E-state index contributed by atoms with van der Waals surface area (Å²) >= 11 is 0. The number of sulfonamides is 1. The molecule has 5 heteroatoms. The normalized spacial score (nSPS) is 15.8. The lowest BCUT2D eigenvalue weighted by molar-refractivity contribution is 0.395. The van der Waals surface area contributed by atoms with Crippen molar-refractivity contribution in [1.82, 2.24) is 9.62 Å². The largest absolute Gasteiger partial charge is 0.316 e. The van der Waals surface area contributed by atoms with Gasteiger partial charge in [-0.1, -0.05) is 19.1 Å². The fourth-order valence-corrected chi connectivity index (χ4v) is 4.00. The predicted octanol–water partition coefficient (Wildman–Crippen LogP) is 2.22. The maximum absolute atomic E-state index is 12.7. The van der Waals surface area contributed by atoms with Crippen molar-refractivity contribution in [2.75, 3.05) is 20.1 Å². The molecule has 1 saturated carbocycles. The molecule has 1 aromatic carbocycles. The van der Waals surface area contributed by atoms with Gasteiger partial charge < -0.3 is 5.32 Å². The lowest BCUT2D eigenvalue weighted by atomic mass is 10.2. The van der Waals surface area contributed by atoms with Crippen molar-refractivity contribution in [1.29, 1.82) is 0 Å². The highest BCUT2D eigenvalue weighted by atomic mass is 32.2. The molecule has 0 amide bonds. The van der Waals surface area contributed by atoms with Crippen LogP contribution in [0.2, 0.25) is 0 Å². The molecule has 1 aromatic rings. The highest BCUT2D eigenvalue weighted by Gasteiger charge is 2.31. The molecule has 0 aromatic heterocycles. The number of nitrogens with zero attached hydrogens (tertiary/aromatic N) is 1. The highest BCUT2D eigenvalue weighted by Crippen LogP contribution is 2.31. The van der Waals surface area contributed by atoms with E-state index in [9.17, 15) is 8.42 Å². The topological polar surface area (TPSA) is 49.4 Å². The Bertz CT molecular complexity index is 539. The molecule has 1 aliphatic rings. The van der Waals surface area contributed by atoms with E-state index in [1.54, 1.807) is 16.4 Å². The van der Waals surface area contributed by atoms with Gasteiger partial charge in [-0.2, -0.15) is 4.31 Å². The molecule has 112 valence electrons. The van der Waals surface area contributed by atoms with Crippen LogP contribution in [0, 0.1) is 5.92 Å². The lowest BCUT2D eigenvalue weighted by Gasteiger charge is -2.21. The summed E-state index contributed by atoms with van der Waals surface area (Å²) in [5.74, 6) is 0.566. The molecule has 0 spiro atoms. The Labute approximate surface area is 122 Å². The molecule has 1 N–H and O–H groups in total. The molecule has 0 saturated heterocycles. The van der Waals surface area contributed by atoms with Crippen LogP contribution in [0.25, 0.3) is 0 Å². The minimum absolute atomic E-state index is 0.416. The quantitative estimate of drug-likeness (QED) is 0.800. The molecule has 0 atom stereocenters. The van der Waals surface area contributed by atoms with Crippen LogP contribution >= 0.6 is 0 Å². The molecule has 0 bridgehead atoms. The van der Waals surface area contributed by atoms with E-state index in [2.05, 4.69) is 5.32 Å². The van der Waals surface area contributed by atoms with Crippen molar-refractivity contribution >= 4 is 10.0 Å². The van der Waals surface area contributed by atoms with E-state index in [1.165, 1.54) is 0 Å². The van der Waals surface area contributed by atoms with Crippen LogP contribution in [-0.4, -0.2) is 32.9 Å². The van der Waals surface area contributed by atoms with Gasteiger partial charge in [0.25, 0.3) is 0 Å². The van der Waals surface area contributed by atoms with Gasteiger partial charge in [0.05, 0.1) is 4.90 Å². The van der Waals surface area contributed by atoms with Crippen molar-refractivity contribution in [3.63, 3.8) is 0 Å². The summed E-state index contributed by atoms with van der Waals surface area (Å²) in [5.41, 5.74) is 0.997. The Morgan fingerprint density at radius 1 is 1.35 bits per heavy atom. The SMILES string of the molecule is CCCN(CC1CC1)S(=O)(=O)c1cccc(CNC)c1. The number of benzene rings is 1. The summed E-state index contributed by atoms with van der Waals surface area (Å²) in [4.78, 5) is 0.416. The molecule has 0 aliphatic heterocycles. The van der Waals surface area contributed by atoms with Crippen molar-refractivity contribution in [3.8, 4) is 0 Å². The first-order chi connectivity index (χ1) is 9.57. The van der Waals surface area contributed by atoms with Gasteiger partial charge in [0.15, 0.2) is 0 Å². The Morgan fingerprint density at radius 3 is 2.70 bits per heavy atom. The second-order valence-electron chi connectivity index (χ2n) is 5.48. The number of hydrogen-bond acceptors (Lipinski definition) is 3. The van der Waals surface area contributed by atoms with Crippen molar-refractivity contribution in [2.24, 2.45) is 5.92 Å². The predicted molar refractivity (Wildman–Crippen MR) is 81.0 cm³/mol. The zero-order valence-corrected chi connectivity index (χ0v) is 13.1. The van der Waals surface area contributed by atoms with E-state index in [0.717, 1.165) is 24.8 Å². The van der Waals surface area contributed by atoms with Crippen LogP contribution in [0.5, 0.6) is 0 Å². The van der Waals surface area contributed by atoms with Crippen LogP contribution < -0.4 is 5.32 Å². The van der Waals surface area contributed by atoms with Crippen molar-refractivity contribution < 1.29 is 8.42 Å². The minimum atomic E-state index is -3.35. The molecule has 1 fully saturated rings. The number of rotatable bonds is 8. The zero-order chi connectivity index (χ0) is 14.6. The molecule has 20 heavy (non-hydrogen) atoms. The Balaban J connectivity index is 2.23. The molecule has 2 rings (SSSR count). The third kappa shape index (κ3) is 3.81. The Hall–Kier alpha value is -0.910. The van der Waals surface area contributed by atoms with E-state index in [0.29, 0.717) is 30.4 Å². The van der Waals surface area contributed by atoms with Gasteiger partial charge in [-0.05, 0) is 49.9 Å². The third-order valence-electron chi connectivity index (χ3n) is 3.55. The first-order valence-electron chi connectivity index (χ1n) is 7.31. The standard InChI is InChI=1S/C15H24N2O2S/c1-3-9-17(12-13-7-8-13)20(18,19)15-6-4-5-14(10-15)11-16-2/h4-6,10,13,16H,3,7-9,11-12H2,1-2H3. The summed E-state index contributed by atoms with van der Waals surface area (Å²) in [6, 6.07) is 7.24. The van der Waals surface area contributed by atoms with Crippen LogP contribution in [-0.2, 0) is 16.6 Å². The Morgan fingerprint density at radius 2 is 2.10 bits per heavy atom. The fourth-order valence-electron chi connectivity index (χ4n) is 2.32. The molecule has 0 heterocycles. The maximum Gasteiger partial charge on any atom is 0.243 e. The van der Waals surface area contributed by atoms with E-state index < -0.39 is 10.0 Å². The van der Waals surface area contributed by atoms with Gasteiger partial charge >= 0.3 is 0 Å². The van der Waals surface area contributed by atoms with Crippen LogP contribution in [0.4, 0.5) is 0 Å². The van der Waals surface area contributed by atoms with E-state index in [-0.39, 0.29) is 0 Å². The molecular weight excluding hydrogens is 272 g/mol. The lowest BCUT2D eigenvalue weighted by Crippen LogP contribution is -2.33. The maximum atomic E-state index is 12.7. The average Bonchev–Trinajstić information content (AvgIpc) is 3.23. The number of hydrogen-bond donors (Lipinski definition) is 1. The zero-order valence-electron chi connectivity index (χ0n) is 12.3. The monoisotopic (exact) mass is 296 g/mol. The first kappa shape index (κ1) is 15.5. The summed E-state index contributed by atoms with van der Waals surface area (Å²) in [6.45, 7) is 3.98. The summed E-state index contributed by atoms with van der Waals surface area (Å²) in [6.07, 6.45) is 3.17. The van der Waals surface area contributed by atoms with Gasteiger partial charge in [-0.3, -0.25) is 0 Å². The van der Waals surface area contributed by atoms with Gasteiger partial charge in [-0.25, -0.2) is 8.42 Å². The summed E-state index contributed by atoms with van der Waals surface area (Å²) < 4.78 is 27.2. The van der Waals surface area contributed by atoms with Gasteiger partial charge in [0, 0.05) is 19.6 Å². The second kappa shape index (κ2) is 6.70. The van der Waals surface area contributed by atoms with Crippen LogP contribution in [0.1, 0.15) is 31.7 Å². The molecule has 1 aliphatic carbocycles. The van der Waals surface area contributed by atoms with E-state index in [1.807, 2.05) is 26.1 Å². The fraction of sp³-hybridized carbons (Fsp3) is 0.600. The van der Waals surface area contributed by atoms with Gasteiger partial charge in [0.1, 0.15) is 0 Å². The summed E-state index contributed by atoms with van der Waals surface area (Å²) in [7, 11) is -1.49. The van der Waals surface area contributed by atoms with Gasteiger partial charge in [0.2, 0.25) is 10.0 Å². The average molecular weight is 296 g/mol. The smallest absolute Gasteiger partial charge is 0.243 e. The van der Waals surface area contributed by atoms with E-state index >= 15 is 0 Å². The minimum Gasteiger partial charge on any atom is -0.316 e. The third-order valence-corrected chi connectivity index (χ3v) is 5.41. The van der Waals surface area contributed by atoms with Crippen molar-refractivity contribution in [3.05, 3.63) is 29.8 Å². The van der Waals surface area contributed by atoms with E-state index in [4.69, 9.17) is 0 Å². The Kier molecular flexibility index (Phi) is 5.18. The molecule has 4 nitrogen and oxygen atoms in total. The molecule has 0 unspecified atom stereocenters. The first-order valence-corrected chi connectivity index (χ1v) is 8.75. The molecular formula is C15H24N2O2S. The number of nitrogens with one attached hydrogen (secondary N) is 1. The second-order valence-corrected chi connectivity index (χ2v) is 7.42.